The number of nitriles is 1. The Labute approximate surface area is 117 Å². The van der Waals surface area contributed by atoms with E-state index in [2.05, 4.69) is 11.0 Å². The zero-order valence-electron chi connectivity index (χ0n) is 10.6. The lowest BCUT2D eigenvalue weighted by Gasteiger charge is -2.33. The number of halogens is 1. The summed E-state index contributed by atoms with van der Waals surface area (Å²) < 4.78 is 0. The third kappa shape index (κ3) is 3.39. The summed E-state index contributed by atoms with van der Waals surface area (Å²) >= 11 is 5.89. The highest BCUT2D eigenvalue weighted by molar-refractivity contribution is 6.30. The summed E-state index contributed by atoms with van der Waals surface area (Å²) in [5.41, 5.74) is 6.74. The van der Waals surface area contributed by atoms with Crippen molar-refractivity contribution >= 4 is 23.2 Å². The van der Waals surface area contributed by atoms with E-state index in [0.29, 0.717) is 22.9 Å². The molecule has 2 rings (SSSR count). The van der Waals surface area contributed by atoms with E-state index in [-0.39, 0.29) is 5.91 Å². The van der Waals surface area contributed by atoms with Gasteiger partial charge in [0.2, 0.25) is 5.91 Å². The molecule has 1 aromatic carbocycles. The van der Waals surface area contributed by atoms with Gasteiger partial charge in [0.15, 0.2) is 0 Å². The zero-order valence-corrected chi connectivity index (χ0v) is 11.4. The van der Waals surface area contributed by atoms with Crippen molar-refractivity contribution in [1.29, 1.82) is 5.26 Å². The zero-order chi connectivity index (χ0) is 13.8. The first-order valence-corrected chi connectivity index (χ1v) is 6.71. The number of anilines is 1. The van der Waals surface area contributed by atoms with Crippen molar-refractivity contribution in [2.75, 3.05) is 18.0 Å². The van der Waals surface area contributed by atoms with Gasteiger partial charge in [0.1, 0.15) is 6.07 Å². The van der Waals surface area contributed by atoms with Gasteiger partial charge in [-0.05, 0) is 37.0 Å². The Morgan fingerprint density at radius 2 is 2.16 bits per heavy atom. The fraction of sp³-hybridized carbons (Fsp3) is 0.429. The number of nitrogens with two attached hydrogens (primary N) is 1. The maximum Gasteiger partial charge on any atom is 0.217 e. The lowest BCUT2D eigenvalue weighted by atomic mass is 9.93. The number of hydrogen-bond donors (Lipinski definition) is 1. The smallest absolute Gasteiger partial charge is 0.217 e. The van der Waals surface area contributed by atoms with Crippen LogP contribution in [0.3, 0.4) is 0 Å². The maximum absolute atomic E-state index is 10.9. The molecule has 4 nitrogen and oxygen atoms in total. The minimum Gasteiger partial charge on any atom is -0.370 e. The SMILES string of the molecule is N#Cc1cc(Cl)ccc1N1CCC(CC(N)=O)CC1. The summed E-state index contributed by atoms with van der Waals surface area (Å²) in [5.74, 6) is 0.134. The summed E-state index contributed by atoms with van der Waals surface area (Å²) in [6, 6.07) is 7.55. The second-order valence-corrected chi connectivity index (χ2v) is 5.31. The molecule has 19 heavy (non-hydrogen) atoms. The second-order valence-electron chi connectivity index (χ2n) is 4.87. The lowest BCUT2D eigenvalue weighted by molar-refractivity contribution is -0.119. The third-order valence-corrected chi connectivity index (χ3v) is 3.76. The molecule has 0 spiro atoms. The molecule has 0 aliphatic carbocycles. The van der Waals surface area contributed by atoms with Gasteiger partial charge in [0, 0.05) is 24.5 Å². The minimum absolute atomic E-state index is 0.234. The fourth-order valence-corrected chi connectivity index (χ4v) is 2.71. The van der Waals surface area contributed by atoms with E-state index in [4.69, 9.17) is 22.6 Å². The Kier molecular flexibility index (Phi) is 4.28. The van der Waals surface area contributed by atoms with Gasteiger partial charge in [-0.15, -0.1) is 0 Å². The number of amides is 1. The number of benzene rings is 1. The van der Waals surface area contributed by atoms with Crippen LogP contribution >= 0.6 is 11.6 Å². The molecular weight excluding hydrogens is 262 g/mol. The van der Waals surface area contributed by atoms with Gasteiger partial charge < -0.3 is 10.6 Å². The maximum atomic E-state index is 10.9. The molecule has 1 saturated heterocycles. The Morgan fingerprint density at radius 1 is 1.47 bits per heavy atom. The Bertz CT molecular complexity index is 516. The fourth-order valence-electron chi connectivity index (χ4n) is 2.54. The topological polar surface area (TPSA) is 70.1 Å². The molecule has 1 aliphatic heterocycles. The molecule has 1 fully saturated rings. The normalized spacial score (nSPS) is 16.1. The highest BCUT2D eigenvalue weighted by atomic mass is 35.5. The molecule has 0 atom stereocenters. The van der Waals surface area contributed by atoms with Gasteiger partial charge in [0.25, 0.3) is 0 Å². The van der Waals surface area contributed by atoms with E-state index >= 15 is 0 Å². The molecule has 100 valence electrons. The van der Waals surface area contributed by atoms with Crippen LogP contribution in [0.5, 0.6) is 0 Å². The van der Waals surface area contributed by atoms with Crippen molar-refractivity contribution in [2.45, 2.75) is 19.3 Å². The molecule has 0 saturated carbocycles. The van der Waals surface area contributed by atoms with E-state index < -0.39 is 0 Å². The van der Waals surface area contributed by atoms with Crippen LogP contribution in [-0.2, 0) is 4.79 Å². The average molecular weight is 278 g/mol. The van der Waals surface area contributed by atoms with Gasteiger partial charge in [0.05, 0.1) is 11.3 Å². The van der Waals surface area contributed by atoms with E-state index in [1.807, 2.05) is 6.07 Å². The summed E-state index contributed by atoms with van der Waals surface area (Å²) in [6.07, 6.45) is 2.31. The lowest BCUT2D eigenvalue weighted by Crippen LogP contribution is -2.35. The summed E-state index contributed by atoms with van der Waals surface area (Å²) in [4.78, 5) is 13.1. The van der Waals surface area contributed by atoms with Gasteiger partial charge >= 0.3 is 0 Å². The quantitative estimate of drug-likeness (QED) is 0.922. The number of nitrogens with zero attached hydrogens (tertiary/aromatic N) is 2. The highest BCUT2D eigenvalue weighted by Crippen LogP contribution is 2.29. The molecule has 0 aromatic heterocycles. The van der Waals surface area contributed by atoms with Crippen LogP contribution in [0.1, 0.15) is 24.8 Å². The minimum atomic E-state index is -0.234. The number of carbonyl (C=O) groups excluding carboxylic acids is 1. The second kappa shape index (κ2) is 5.94. The standard InChI is InChI=1S/C14H16ClN3O/c15-12-1-2-13(11(8-12)9-16)18-5-3-10(4-6-18)7-14(17)19/h1-2,8,10H,3-7H2,(H2,17,19). The Balaban J connectivity index is 2.06. The molecule has 5 heteroatoms. The molecule has 1 aliphatic rings. The van der Waals surface area contributed by atoms with Gasteiger partial charge in [-0.1, -0.05) is 11.6 Å². The van der Waals surface area contributed by atoms with Crippen molar-refractivity contribution in [2.24, 2.45) is 11.7 Å². The first kappa shape index (κ1) is 13.7. The van der Waals surface area contributed by atoms with Crippen LogP contribution in [0.2, 0.25) is 5.02 Å². The third-order valence-electron chi connectivity index (χ3n) is 3.52. The Morgan fingerprint density at radius 3 is 2.74 bits per heavy atom. The number of piperidine rings is 1. The first-order chi connectivity index (χ1) is 9.10. The van der Waals surface area contributed by atoms with Crippen LogP contribution in [0.15, 0.2) is 18.2 Å². The molecular formula is C14H16ClN3O. The average Bonchev–Trinajstić information content (AvgIpc) is 2.39. The van der Waals surface area contributed by atoms with E-state index in [1.54, 1.807) is 12.1 Å². The number of hydrogen-bond acceptors (Lipinski definition) is 3. The monoisotopic (exact) mass is 277 g/mol. The molecule has 2 N–H and O–H groups in total. The molecule has 0 bridgehead atoms. The van der Waals surface area contributed by atoms with E-state index in [9.17, 15) is 4.79 Å². The predicted molar refractivity (Wildman–Crippen MR) is 74.9 cm³/mol. The van der Waals surface area contributed by atoms with E-state index in [0.717, 1.165) is 31.6 Å². The van der Waals surface area contributed by atoms with Crippen LogP contribution < -0.4 is 10.6 Å². The van der Waals surface area contributed by atoms with Gasteiger partial charge in [-0.2, -0.15) is 5.26 Å². The number of carbonyl (C=O) groups is 1. The summed E-state index contributed by atoms with van der Waals surface area (Å²) in [5, 5.41) is 9.72. The van der Waals surface area contributed by atoms with Gasteiger partial charge in [-0.25, -0.2) is 0 Å². The van der Waals surface area contributed by atoms with Crippen molar-refractivity contribution < 1.29 is 4.79 Å². The Hall–Kier alpha value is -1.73. The highest BCUT2D eigenvalue weighted by Gasteiger charge is 2.22. The molecule has 1 heterocycles. The molecule has 0 radical (unpaired) electrons. The number of primary amides is 1. The summed E-state index contributed by atoms with van der Waals surface area (Å²) in [7, 11) is 0. The van der Waals surface area contributed by atoms with Crippen LogP contribution in [0.25, 0.3) is 0 Å². The molecule has 0 unspecified atom stereocenters. The number of rotatable bonds is 3. The molecule has 1 aromatic rings. The predicted octanol–water partition coefficient (Wildman–Crippen LogP) is 2.30. The molecule has 1 amide bonds. The van der Waals surface area contributed by atoms with Gasteiger partial charge in [-0.3, -0.25) is 4.79 Å². The van der Waals surface area contributed by atoms with Crippen molar-refractivity contribution in [1.82, 2.24) is 0 Å². The van der Waals surface area contributed by atoms with Crippen molar-refractivity contribution in [3.8, 4) is 6.07 Å². The van der Waals surface area contributed by atoms with Crippen molar-refractivity contribution in [3.05, 3.63) is 28.8 Å². The largest absolute Gasteiger partial charge is 0.370 e. The van der Waals surface area contributed by atoms with Crippen LogP contribution in [-0.4, -0.2) is 19.0 Å². The van der Waals surface area contributed by atoms with E-state index in [1.165, 1.54) is 0 Å². The summed E-state index contributed by atoms with van der Waals surface area (Å²) in [6.45, 7) is 1.68. The van der Waals surface area contributed by atoms with Crippen molar-refractivity contribution in [3.63, 3.8) is 0 Å². The van der Waals surface area contributed by atoms with Crippen LogP contribution in [0.4, 0.5) is 5.69 Å². The van der Waals surface area contributed by atoms with Crippen LogP contribution in [0, 0.1) is 17.2 Å². The first-order valence-electron chi connectivity index (χ1n) is 6.33.